The molecule has 0 amide bonds. The van der Waals surface area contributed by atoms with Crippen LogP contribution in [0, 0.1) is 5.92 Å². The van der Waals surface area contributed by atoms with Crippen LogP contribution < -0.4 is 10.2 Å². The predicted molar refractivity (Wildman–Crippen MR) is 79.6 cm³/mol. The molecule has 1 aromatic heterocycles. The van der Waals surface area contributed by atoms with Crippen molar-refractivity contribution in [3.63, 3.8) is 0 Å². The molecule has 3 nitrogen and oxygen atoms in total. The number of thiazole rings is 1. The Morgan fingerprint density at radius 2 is 2.17 bits per heavy atom. The molecule has 0 unspecified atom stereocenters. The molecule has 4 heteroatoms. The molecule has 2 rings (SSSR count). The lowest BCUT2D eigenvalue weighted by Crippen LogP contribution is -2.39. The van der Waals surface area contributed by atoms with E-state index < -0.39 is 0 Å². The molecule has 0 atom stereocenters. The van der Waals surface area contributed by atoms with Gasteiger partial charge in [-0.3, -0.25) is 0 Å². The van der Waals surface area contributed by atoms with Gasteiger partial charge in [-0.25, -0.2) is 4.98 Å². The second kappa shape index (κ2) is 6.53. The van der Waals surface area contributed by atoms with Crippen LogP contribution in [0.1, 0.15) is 39.3 Å². The van der Waals surface area contributed by atoms with E-state index in [9.17, 15) is 0 Å². The first kappa shape index (κ1) is 13.8. The summed E-state index contributed by atoms with van der Waals surface area (Å²) in [5.41, 5.74) is 1.23. The number of nitrogens with one attached hydrogen (secondary N) is 1. The van der Waals surface area contributed by atoms with Crippen molar-refractivity contribution in [2.24, 2.45) is 5.92 Å². The van der Waals surface area contributed by atoms with Gasteiger partial charge in [-0.05, 0) is 52.1 Å². The van der Waals surface area contributed by atoms with E-state index >= 15 is 0 Å². The molecule has 1 aliphatic heterocycles. The van der Waals surface area contributed by atoms with Crippen molar-refractivity contribution in [2.45, 2.75) is 46.1 Å². The molecule has 0 radical (unpaired) electrons. The third-order valence-corrected chi connectivity index (χ3v) is 4.61. The van der Waals surface area contributed by atoms with Crippen LogP contribution in [-0.4, -0.2) is 30.7 Å². The van der Waals surface area contributed by atoms with Crippen molar-refractivity contribution in [1.82, 2.24) is 10.3 Å². The van der Waals surface area contributed by atoms with Gasteiger partial charge in [0.2, 0.25) is 0 Å². The maximum absolute atomic E-state index is 4.74. The molecule has 1 fully saturated rings. The van der Waals surface area contributed by atoms with E-state index in [2.05, 4.69) is 36.4 Å². The lowest BCUT2D eigenvalue weighted by molar-refractivity contribution is 0.367. The first-order valence-electron chi connectivity index (χ1n) is 7.12. The Kier molecular flexibility index (Phi) is 5.01. The van der Waals surface area contributed by atoms with E-state index in [0.29, 0.717) is 6.04 Å². The molecule has 0 aliphatic carbocycles. The number of aromatic nitrogens is 1. The molecule has 0 bridgehead atoms. The zero-order valence-electron chi connectivity index (χ0n) is 11.8. The first-order valence-corrected chi connectivity index (χ1v) is 8.00. The Morgan fingerprint density at radius 3 is 2.72 bits per heavy atom. The van der Waals surface area contributed by atoms with Crippen molar-refractivity contribution in [1.29, 1.82) is 0 Å². The topological polar surface area (TPSA) is 28.2 Å². The van der Waals surface area contributed by atoms with Gasteiger partial charge in [-0.15, -0.1) is 11.3 Å². The number of hydrogen-bond acceptors (Lipinski definition) is 4. The molecule has 1 N–H and O–H groups in total. The average molecular weight is 267 g/mol. The fraction of sp³-hybridized carbons (Fsp3) is 0.786. The highest BCUT2D eigenvalue weighted by atomic mass is 32.1. The molecule has 1 aliphatic rings. The van der Waals surface area contributed by atoms with Crippen molar-refractivity contribution >= 4 is 16.5 Å². The summed E-state index contributed by atoms with van der Waals surface area (Å²) in [4.78, 5) is 7.23. The van der Waals surface area contributed by atoms with Crippen LogP contribution in [-0.2, 0) is 6.42 Å². The molecule has 0 saturated carbocycles. The second-order valence-electron chi connectivity index (χ2n) is 5.41. The number of rotatable bonds is 5. The van der Waals surface area contributed by atoms with Crippen LogP contribution in [0.3, 0.4) is 0 Å². The molecule has 18 heavy (non-hydrogen) atoms. The van der Waals surface area contributed by atoms with Crippen LogP contribution in [0.15, 0.2) is 5.38 Å². The van der Waals surface area contributed by atoms with E-state index in [0.717, 1.165) is 18.9 Å². The largest absolute Gasteiger partial charge is 0.345 e. The van der Waals surface area contributed by atoms with Crippen LogP contribution in [0.5, 0.6) is 0 Å². The highest BCUT2D eigenvalue weighted by molar-refractivity contribution is 7.13. The van der Waals surface area contributed by atoms with E-state index in [1.54, 1.807) is 11.3 Å². The van der Waals surface area contributed by atoms with Crippen LogP contribution >= 0.6 is 11.3 Å². The lowest BCUT2D eigenvalue weighted by Gasteiger charge is -2.32. The maximum atomic E-state index is 4.74. The van der Waals surface area contributed by atoms with Gasteiger partial charge in [0.05, 0.1) is 5.69 Å². The van der Waals surface area contributed by atoms with Crippen molar-refractivity contribution in [3.8, 4) is 0 Å². The molecular formula is C14H25N3S. The summed E-state index contributed by atoms with van der Waals surface area (Å²) in [6, 6.07) is 0.538. The quantitative estimate of drug-likeness (QED) is 0.889. The molecule has 1 aromatic rings. The Labute approximate surface area is 115 Å². The minimum atomic E-state index is 0.538. The van der Waals surface area contributed by atoms with Gasteiger partial charge in [0.15, 0.2) is 5.13 Å². The van der Waals surface area contributed by atoms with Crippen LogP contribution in [0.2, 0.25) is 0 Å². The van der Waals surface area contributed by atoms with Gasteiger partial charge < -0.3 is 10.2 Å². The number of anilines is 1. The van der Waals surface area contributed by atoms with E-state index in [4.69, 9.17) is 4.98 Å². The Balaban J connectivity index is 2.02. The summed E-state index contributed by atoms with van der Waals surface area (Å²) >= 11 is 1.80. The molecule has 102 valence electrons. The molecule has 1 saturated heterocycles. The van der Waals surface area contributed by atoms with Crippen LogP contribution in [0.25, 0.3) is 0 Å². The summed E-state index contributed by atoms with van der Waals surface area (Å²) in [5, 5.41) is 6.85. The summed E-state index contributed by atoms with van der Waals surface area (Å²) in [5.74, 6) is 0.822. The van der Waals surface area contributed by atoms with Gasteiger partial charge in [0, 0.05) is 18.0 Å². The molecule has 2 heterocycles. The normalized spacial score (nSPS) is 17.3. The van der Waals surface area contributed by atoms with Gasteiger partial charge in [0.25, 0.3) is 0 Å². The number of hydrogen-bond donors (Lipinski definition) is 1. The minimum Gasteiger partial charge on any atom is -0.345 e. The monoisotopic (exact) mass is 267 g/mol. The van der Waals surface area contributed by atoms with E-state index in [-0.39, 0.29) is 0 Å². The average Bonchev–Trinajstić information content (AvgIpc) is 2.85. The highest BCUT2D eigenvalue weighted by Gasteiger charge is 2.21. The number of aryl methyl sites for hydroxylation is 1. The van der Waals surface area contributed by atoms with E-state index in [1.807, 2.05) is 0 Å². The van der Waals surface area contributed by atoms with Gasteiger partial charge in [0.1, 0.15) is 0 Å². The standard InChI is InChI=1S/C14H25N3S/c1-4-13-10-18-14(16-13)17(11(2)3)9-12-5-7-15-8-6-12/h10-12,15H,4-9H2,1-3H3. The van der Waals surface area contributed by atoms with E-state index in [1.165, 1.54) is 36.8 Å². The van der Waals surface area contributed by atoms with Crippen molar-refractivity contribution in [2.75, 3.05) is 24.5 Å². The summed E-state index contributed by atoms with van der Waals surface area (Å²) in [6.45, 7) is 10.2. The zero-order chi connectivity index (χ0) is 13.0. The van der Waals surface area contributed by atoms with Crippen molar-refractivity contribution in [3.05, 3.63) is 11.1 Å². The number of nitrogens with zero attached hydrogens (tertiary/aromatic N) is 2. The lowest BCUT2D eigenvalue weighted by atomic mass is 9.97. The Morgan fingerprint density at radius 1 is 1.44 bits per heavy atom. The summed E-state index contributed by atoms with van der Waals surface area (Å²) in [6.07, 6.45) is 3.64. The second-order valence-corrected chi connectivity index (χ2v) is 6.25. The SMILES string of the molecule is CCc1csc(N(CC2CCNCC2)C(C)C)n1. The minimum absolute atomic E-state index is 0.538. The van der Waals surface area contributed by atoms with Crippen molar-refractivity contribution < 1.29 is 0 Å². The third-order valence-electron chi connectivity index (χ3n) is 3.68. The maximum Gasteiger partial charge on any atom is 0.185 e. The summed E-state index contributed by atoms with van der Waals surface area (Å²) in [7, 11) is 0. The molecule has 0 spiro atoms. The molecular weight excluding hydrogens is 242 g/mol. The Hall–Kier alpha value is -0.610. The summed E-state index contributed by atoms with van der Waals surface area (Å²) < 4.78 is 0. The number of piperidine rings is 1. The van der Waals surface area contributed by atoms with Crippen LogP contribution in [0.4, 0.5) is 5.13 Å². The Bertz CT molecular complexity index is 356. The van der Waals surface area contributed by atoms with Gasteiger partial charge in [-0.2, -0.15) is 0 Å². The fourth-order valence-electron chi connectivity index (χ4n) is 2.44. The third kappa shape index (κ3) is 3.45. The fourth-order valence-corrected chi connectivity index (χ4v) is 3.49. The smallest absolute Gasteiger partial charge is 0.185 e. The van der Waals surface area contributed by atoms with Gasteiger partial charge in [-0.1, -0.05) is 6.92 Å². The van der Waals surface area contributed by atoms with Gasteiger partial charge >= 0.3 is 0 Å². The zero-order valence-corrected chi connectivity index (χ0v) is 12.6. The molecule has 0 aromatic carbocycles. The predicted octanol–water partition coefficient (Wildman–Crippen LogP) is 2.92. The first-order chi connectivity index (χ1) is 8.70. The highest BCUT2D eigenvalue weighted by Crippen LogP contribution is 2.25.